The van der Waals surface area contributed by atoms with E-state index in [4.69, 9.17) is 5.11 Å². The first-order chi connectivity index (χ1) is 4.70. The molecule has 0 aliphatic heterocycles. The van der Waals surface area contributed by atoms with E-state index in [1.807, 2.05) is 6.92 Å². The van der Waals surface area contributed by atoms with Gasteiger partial charge in [0.2, 0.25) is 0 Å². The summed E-state index contributed by atoms with van der Waals surface area (Å²) in [6, 6.07) is 0. The molecule has 0 heterocycles. The average Bonchev–Trinajstić information content (AvgIpc) is 1.86. The molecule has 0 aromatic heterocycles. The van der Waals surface area contributed by atoms with Gasteiger partial charge in [0.05, 0.1) is 0 Å². The van der Waals surface area contributed by atoms with Crippen LogP contribution in [0.3, 0.4) is 0 Å². The predicted molar refractivity (Wildman–Crippen MR) is 40.9 cm³/mol. The zero-order chi connectivity index (χ0) is 7.98. The normalized spacial score (nSPS) is 13.0. The van der Waals surface area contributed by atoms with Crippen molar-refractivity contribution in [2.24, 2.45) is 5.92 Å². The molecule has 0 aromatic rings. The molecule has 0 spiro atoms. The number of aliphatic carboxylic acids is 1. The van der Waals surface area contributed by atoms with Crippen LogP contribution >= 0.6 is 0 Å². The Hall–Kier alpha value is -0.530. The number of carbonyl (C=O) groups is 1. The lowest BCUT2D eigenvalue weighted by atomic mass is 9.97. The van der Waals surface area contributed by atoms with E-state index in [1.54, 1.807) is 0 Å². The van der Waals surface area contributed by atoms with Crippen LogP contribution in [0.15, 0.2) is 0 Å². The molecule has 60 valence electrons. The fourth-order valence-electron chi connectivity index (χ4n) is 1.11. The number of carboxylic acid groups (broad SMARTS) is 1. The molecule has 0 rings (SSSR count). The first-order valence-corrected chi connectivity index (χ1v) is 3.92. The van der Waals surface area contributed by atoms with Crippen LogP contribution in [0.2, 0.25) is 0 Å². The second-order valence-electron chi connectivity index (χ2n) is 2.66. The first kappa shape index (κ1) is 9.47. The molecule has 0 saturated carbocycles. The summed E-state index contributed by atoms with van der Waals surface area (Å²) in [7, 11) is 0. The lowest BCUT2D eigenvalue weighted by Gasteiger charge is -2.08. The quantitative estimate of drug-likeness (QED) is 0.642. The summed E-state index contributed by atoms with van der Waals surface area (Å²) < 4.78 is 0. The monoisotopic (exact) mass is 144 g/mol. The molecule has 2 nitrogen and oxygen atoms in total. The number of carboxylic acids is 1. The molecule has 1 atom stereocenters. The van der Waals surface area contributed by atoms with Gasteiger partial charge in [0.1, 0.15) is 0 Å². The summed E-state index contributed by atoms with van der Waals surface area (Å²) in [5.74, 6) is -0.275. The van der Waals surface area contributed by atoms with Gasteiger partial charge in [0.15, 0.2) is 0 Å². The van der Waals surface area contributed by atoms with Crippen molar-refractivity contribution >= 4 is 5.97 Å². The predicted octanol–water partition coefficient (Wildman–Crippen LogP) is 2.29. The minimum Gasteiger partial charge on any atom is -0.481 e. The minimum absolute atomic E-state index is 0.338. The Labute approximate surface area is 62.2 Å². The van der Waals surface area contributed by atoms with Crippen LogP contribution in [0.1, 0.15) is 39.5 Å². The Bertz CT molecular complexity index is 99.4. The lowest BCUT2D eigenvalue weighted by molar-refractivity contribution is -0.138. The van der Waals surface area contributed by atoms with Gasteiger partial charge in [-0.2, -0.15) is 0 Å². The molecule has 10 heavy (non-hydrogen) atoms. The molecular formula is C8H16O2. The first-order valence-electron chi connectivity index (χ1n) is 3.92. The van der Waals surface area contributed by atoms with Crippen LogP contribution in [-0.4, -0.2) is 11.1 Å². The van der Waals surface area contributed by atoms with Crippen molar-refractivity contribution in [3.8, 4) is 0 Å². The van der Waals surface area contributed by atoms with Gasteiger partial charge < -0.3 is 5.11 Å². The molecule has 0 amide bonds. The molecule has 0 aliphatic carbocycles. The Balaban J connectivity index is 3.49. The Morgan fingerprint density at radius 2 is 2.10 bits per heavy atom. The van der Waals surface area contributed by atoms with Gasteiger partial charge >= 0.3 is 5.97 Å². The second kappa shape index (κ2) is 5.27. The maximum atomic E-state index is 10.2. The van der Waals surface area contributed by atoms with E-state index < -0.39 is 5.97 Å². The summed E-state index contributed by atoms with van der Waals surface area (Å²) in [4.78, 5) is 10.2. The van der Waals surface area contributed by atoms with Crippen molar-refractivity contribution in [3.63, 3.8) is 0 Å². The SMILES string of the molecule is CCC[C@@H](CC)CC(=O)O. The minimum atomic E-state index is -0.666. The van der Waals surface area contributed by atoms with Gasteiger partial charge in [-0.25, -0.2) is 0 Å². The van der Waals surface area contributed by atoms with E-state index >= 15 is 0 Å². The average molecular weight is 144 g/mol. The highest BCUT2D eigenvalue weighted by Gasteiger charge is 2.08. The van der Waals surface area contributed by atoms with Gasteiger partial charge in [-0.3, -0.25) is 4.79 Å². The van der Waals surface area contributed by atoms with Crippen molar-refractivity contribution < 1.29 is 9.90 Å². The third-order valence-electron chi connectivity index (χ3n) is 1.74. The Kier molecular flexibility index (Phi) is 4.99. The number of rotatable bonds is 5. The molecular weight excluding hydrogens is 128 g/mol. The van der Waals surface area contributed by atoms with E-state index in [1.165, 1.54) is 0 Å². The zero-order valence-electron chi connectivity index (χ0n) is 6.76. The van der Waals surface area contributed by atoms with Crippen LogP contribution in [-0.2, 0) is 4.79 Å². The molecule has 2 heteroatoms. The van der Waals surface area contributed by atoms with Gasteiger partial charge in [0, 0.05) is 6.42 Å². The van der Waals surface area contributed by atoms with Crippen LogP contribution in [0, 0.1) is 5.92 Å². The second-order valence-corrected chi connectivity index (χ2v) is 2.66. The fourth-order valence-corrected chi connectivity index (χ4v) is 1.11. The van der Waals surface area contributed by atoms with Crippen LogP contribution in [0.4, 0.5) is 0 Å². The summed E-state index contributed by atoms with van der Waals surface area (Å²) in [6.45, 7) is 4.13. The third-order valence-corrected chi connectivity index (χ3v) is 1.74. The van der Waals surface area contributed by atoms with Crippen LogP contribution in [0.5, 0.6) is 0 Å². The third kappa shape index (κ3) is 4.36. The number of hydrogen-bond donors (Lipinski definition) is 1. The molecule has 0 radical (unpaired) electrons. The Morgan fingerprint density at radius 1 is 1.50 bits per heavy atom. The summed E-state index contributed by atoms with van der Waals surface area (Å²) in [5.41, 5.74) is 0. The maximum absolute atomic E-state index is 10.2. The Morgan fingerprint density at radius 3 is 2.40 bits per heavy atom. The van der Waals surface area contributed by atoms with Crippen molar-refractivity contribution in [1.82, 2.24) is 0 Å². The van der Waals surface area contributed by atoms with Gasteiger partial charge in [-0.15, -0.1) is 0 Å². The van der Waals surface area contributed by atoms with E-state index in [9.17, 15) is 4.79 Å². The van der Waals surface area contributed by atoms with Crippen molar-refractivity contribution in [2.75, 3.05) is 0 Å². The van der Waals surface area contributed by atoms with E-state index in [2.05, 4.69) is 6.92 Å². The molecule has 0 bridgehead atoms. The van der Waals surface area contributed by atoms with Crippen LogP contribution < -0.4 is 0 Å². The fraction of sp³-hybridized carbons (Fsp3) is 0.875. The van der Waals surface area contributed by atoms with Crippen molar-refractivity contribution in [1.29, 1.82) is 0 Å². The highest BCUT2D eigenvalue weighted by Crippen LogP contribution is 2.14. The summed E-state index contributed by atoms with van der Waals surface area (Å²) in [5, 5.41) is 8.44. The zero-order valence-corrected chi connectivity index (χ0v) is 6.76. The molecule has 0 unspecified atom stereocenters. The van der Waals surface area contributed by atoms with Crippen molar-refractivity contribution in [3.05, 3.63) is 0 Å². The molecule has 0 aliphatic rings. The summed E-state index contributed by atoms with van der Waals surface area (Å²) >= 11 is 0. The molecule has 0 aromatic carbocycles. The number of hydrogen-bond acceptors (Lipinski definition) is 1. The summed E-state index contributed by atoms with van der Waals surface area (Å²) in [6.07, 6.45) is 3.46. The van der Waals surface area contributed by atoms with E-state index in [0.29, 0.717) is 12.3 Å². The molecule has 0 fully saturated rings. The van der Waals surface area contributed by atoms with Crippen molar-refractivity contribution in [2.45, 2.75) is 39.5 Å². The van der Waals surface area contributed by atoms with Gasteiger partial charge in [0.25, 0.3) is 0 Å². The largest absolute Gasteiger partial charge is 0.481 e. The highest BCUT2D eigenvalue weighted by atomic mass is 16.4. The highest BCUT2D eigenvalue weighted by molar-refractivity contribution is 5.66. The standard InChI is InChI=1S/C8H16O2/c1-3-5-7(4-2)6-8(9)10/h7H,3-6H2,1-2H3,(H,9,10)/t7-/m1/s1. The van der Waals surface area contributed by atoms with E-state index in [0.717, 1.165) is 19.3 Å². The molecule has 1 N–H and O–H groups in total. The smallest absolute Gasteiger partial charge is 0.303 e. The van der Waals surface area contributed by atoms with Gasteiger partial charge in [-0.1, -0.05) is 33.1 Å². The maximum Gasteiger partial charge on any atom is 0.303 e. The van der Waals surface area contributed by atoms with Crippen LogP contribution in [0.25, 0.3) is 0 Å². The lowest BCUT2D eigenvalue weighted by Crippen LogP contribution is -2.06. The van der Waals surface area contributed by atoms with Gasteiger partial charge in [-0.05, 0) is 5.92 Å². The molecule has 0 saturated heterocycles. The topological polar surface area (TPSA) is 37.3 Å². The van der Waals surface area contributed by atoms with E-state index in [-0.39, 0.29) is 0 Å².